The molecule has 1 aliphatic carbocycles. The molecule has 5 heteroatoms. The molecule has 1 fully saturated rings. The lowest BCUT2D eigenvalue weighted by molar-refractivity contribution is 0.103. The summed E-state index contributed by atoms with van der Waals surface area (Å²) in [5, 5.41) is 3.63. The Morgan fingerprint density at radius 1 is 1.36 bits per heavy atom. The van der Waals surface area contributed by atoms with Crippen LogP contribution in [0.25, 0.3) is 0 Å². The first-order chi connectivity index (χ1) is 10.6. The van der Waals surface area contributed by atoms with Gasteiger partial charge >= 0.3 is 0 Å². The second-order valence-corrected chi connectivity index (χ2v) is 7.65. The molecule has 2 unspecified atom stereocenters. The van der Waals surface area contributed by atoms with E-state index in [4.69, 9.17) is 4.52 Å². The average Bonchev–Trinajstić information content (AvgIpc) is 3.29. The van der Waals surface area contributed by atoms with Crippen LogP contribution in [0, 0.1) is 0 Å². The summed E-state index contributed by atoms with van der Waals surface area (Å²) in [5.74, 6) is 1.52. The number of hydrogen-bond donors (Lipinski definition) is 0. The van der Waals surface area contributed by atoms with Crippen molar-refractivity contribution in [2.45, 2.75) is 37.9 Å². The summed E-state index contributed by atoms with van der Waals surface area (Å²) in [5.41, 5.74) is 1.97. The van der Waals surface area contributed by atoms with E-state index in [1.807, 2.05) is 32.0 Å². The maximum absolute atomic E-state index is 12.9. The Bertz CT molecular complexity index is 718. The first-order valence-electron chi connectivity index (χ1n) is 7.58. The zero-order valence-corrected chi connectivity index (χ0v) is 13.6. The summed E-state index contributed by atoms with van der Waals surface area (Å²) in [4.78, 5) is 12.9. The summed E-state index contributed by atoms with van der Waals surface area (Å²) >= 11 is 0. The van der Waals surface area contributed by atoms with Crippen LogP contribution in [0.4, 0.5) is 0 Å². The van der Waals surface area contributed by atoms with Gasteiger partial charge in [0.1, 0.15) is 0 Å². The number of carbonyl (C=O) groups excluding carboxylic acids is 1. The molecule has 2 aromatic rings. The van der Waals surface area contributed by atoms with Gasteiger partial charge < -0.3 is 4.52 Å². The molecule has 1 aromatic carbocycles. The van der Waals surface area contributed by atoms with E-state index in [0.717, 1.165) is 18.4 Å². The van der Waals surface area contributed by atoms with Crippen molar-refractivity contribution in [1.82, 2.24) is 5.16 Å². The molecule has 0 aliphatic heterocycles. The van der Waals surface area contributed by atoms with E-state index >= 15 is 0 Å². The molecule has 0 spiro atoms. The van der Waals surface area contributed by atoms with Crippen molar-refractivity contribution in [1.29, 1.82) is 0 Å². The van der Waals surface area contributed by atoms with Crippen molar-refractivity contribution in [2.24, 2.45) is 0 Å². The largest absolute Gasteiger partial charge is 0.360 e. The summed E-state index contributed by atoms with van der Waals surface area (Å²) < 4.78 is 17.4. The van der Waals surface area contributed by atoms with Gasteiger partial charge in [-0.15, -0.1) is 0 Å². The number of carbonyl (C=O) groups is 1. The topological polar surface area (TPSA) is 60.2 Å². The van der Waals surface area contributed by atoms with E-state index in [0.29, 0.717) is 28.6 Å². The molecule has 116 valence electrons. The SMILES string of the molecule is CCS(=O)C(C)c1ccccc1C(=O)c1cnoc1C1CC1. The lowest BCUT2D eigenvalue weighted by atomic mass is 9.96. The normalized spacial score (nSPS) is 17.2. The molecule has 1 aromatic heterocycles. The van der Waals surface area contributed by atoms with Crippen molar-refractivity contribution in [2.75, 3.05) is 5.75 Å². The van der Waals surface area contributed by atoms with E-state index in [-0.39, 0.29) is 11.0 Å². The highest BCUT2D eigenvalue weighted by Crippen LogP contribution is 2.42. The number of hydrogen-bond acceptors (Lipinski definition) is 4. The standard InChI is InChI=1S/C17H19NO3S/c1-3-22(20)11(2)13-6-4-5-7-14(13)16(19)15-10-18-21-17(15)12-8-9-12/h4-7,10-12H,3,8-9H2,1-2H3. The van der Waals surface area contributed by atoms with Gasteiger partial charge in [0.15, 0.2) is 11.5 Å². The van der Waals surface area contributed by atoms with Crippen molar-refractivity contribution in [3.8, 4) is 0 Å². The fourth-order valence-corrected chi connectivity index (χ4v) is 3.64. The zero-order chi connectivity index (χ0) is 15.7. The average molecular weight is 317 g/mol. The summed E-state index contributed by atoms with van der Waals surface area (Å²) in [6, 6.07) is 7.40. The smallest absolute Gasteiger partial charge is 0.198 e. The van der Waals surface area contributed by atoms with E-state index < -0.39 is 10.8 Å². The number of ketones is 1. The maximum atomic E-state index is 12.9. The van der Waals surface area contributed by atoms with Gasteiger partial charge in [-0.2, -0.15) is 0 Å². The quantitative estimate of drug-likeness (QED) is 0.764. The molecule has 0 bridgehead atoms. The summed E-state index contributed by atoms with van der Waals surface area (Å²) in [6.07, 6.45) is 3.61. The van der Waals surface area contributed by atoms with Crippen molar-refractivity contribution >= 4 is 16.6 Å². The minimum atomic E-state index is -0.989. The molecule has 3 rings (SSSR count). The molecule has 22 heavy (non-hydrogen) atoms. The lowest BCUT2D eigenvalue weighted by Crippen LogP contribution is -2.12. The molecule has 0 radical (unpaired) electrons. The first kappa shape index (κ1) is 15.2. The van der Waals surface area contributed by atoms with Gasteiger partial charge in [-0.05, 0) is 25.3 Å². The minimum Gasteiger partial charge on any atom is -0.360 e. The maximum Gasteiger partial charge on any atom is 0.198 e. The Morgan fingerprint density at radius 3 is 2.77 bits per heavy atom. The van der Waals surface area contributed by atoms with E-state index in [2.05, 4.69) is 5.16 Å². The third-order valence-electron chi connectivity index (χ3n) is 4.11. The van der Waals surface area contributed by atoms with Crippen LogP contribution >= 0.6 is 0 Å². The van der Waals surface area contributed by atoms with E-state index in [1.165, 1.54) is 6.20 Å². The number of rotatable bonds is 6. The lowest BCUT2D eigenvalue weighted by Gasteiger charge is -2.14. The Kier molecular flexibility index (Phi) is 4.25. The van der Waals surface area contributed by atoms with Crippen molar-refractivity contribution in [3.05, 3.63) is 52.9 Å². The van der Waals surface area contributed by atoms with Crippen molar-refractivity contribution < 1.29 is 13.5 Å². The molecule has 1 saturated carbocycles. The zero-order valence-electron chi connectivity index (χ0n) is 12.7. The Labute approximate surface area is 132 Å². The highest BCUT2D eigenvalue weighted by molar-refractivity contribution is 7.85. The molecule has 1 aliphatic rings. The van der Waals surface area contributed by atoms with Crippen LogP contribution in [0.3, 0.4) is 0 Å². The van der Waals surface area contributed by atoms with Crippen LogP contribution in [0.5, 0.6) is 0 Å². The number of aromatic nitrogens is 1. The van der Waals surface area contributed by atoms with Crippen LogP contribution in [0.1, 0.15) is 65.1 Å². The van der Waals surface area contributed by atoms with Crippen LogP contribution < -0.4 is 0 Å². The van der Waals surface area contributed by atoms with Crippen molar-refractivity contribution in [3.63, 3.8) is 0 Å². The Morgan fingerprint density at radius 2 is 2.09 bits per heavy atom. The molecular weight excluding hydrogens is 298 g/mol. The predicted octanol–water partition coefficient (Wildman–Crippen LogP) is 3.61. The highest BCUT2D eigenvalue weighted by Gasteiger charge is 2.33. The molecular formula is C17H19NO3S. The summed E-state index contributed by atoms with van der Waals surface area (Å²) in [7, 11) is -0.989. The molecule has 0 saturated heterocycles. The second kappa shape index (κ2) is 6.16. The van der Waals surface area contributed by atoms with E-state index in [1.54, 1.807) is 6.07 Å². The second-order valence-electron chi connectivity index (χ2n) is 5.61. The van der Waals surface area contributed by atoms with Gasteiger partial charge in [0, 0.05) is 28.0 Å². The Hall–Kier alpha value is -1.75. The van der Waals surface area contributed by atoms with Gasteiger partial charge in [-0.3, -0.25) is 9.00 Å². The molecule has 0 amide bonds. The molecule has 1 heterocycles. The monoisotopic (exact) mass is 317 g/mol. The fourth-order valence-electron chi connectivity index (χ4n) is 2.65. The van der Waals surface area contributed by atoms with Gasteiger partial charge in [0.25, 0.3) is 0 Å². The third kappa shape index (κ3) is 2.77. The molecule has 0 N–H and O–H groups in total. The van der Waals surface area contributed by atoms with Gasteiger partial charge in [0.05, 0.1) is 17.0 Å². The van der Waals surface area contributed by atoms with Crippen LogP contribution in [-0.2, 0) is 10.8 Å². The fraction of sp³-hybridized carbons (Fsp3) is 0.412. The van der Waals surface area contributed by atoms with Gasteiger partial charge in [0.2, 0.25) is 0 Å². The van der Waals surface area contributed by atoms with Crippen LogP contribution in [-0.4, -0.2) is 20.9 Å². The van der Waals surface area contributed by atoms with Crippen LogP contribution in [0.2, 0.25) is 0 Å². The molecule has 2 atom stereocenters. The van der Waals surface area contributed by atoms with Gasteiger partial charge in [-0.1, -0.05) is 36.3 Å². The summed E-state index contributed by atoms with van der Waals surface area (Å²) in [6.45, 7) is 3.80. The number of benzene rings is 1. The first-order valence-corrected chi connectivity index (χ1v) is 8.97. The van der Waals surface area contributed by atoms with Gasteiger partial charge in [-0.25, -0.2) is 0 Å². The number of nitrogens with zero attached hydrogens (tertiary/aromatic N) is 1. The van der Waals surface area contributed by atoms with Crippen LogP contribution in [0.15, 0.2) is 35.0 Å². The predicted molar refractivity (Wildman–Crippen MR) is 85.5 cm³/mol. The van der Waals surface area contributed by atoms with E-state index in [9.17, 15) is 9.00 Å². The minimum absolute atomic E-state index is 0.0845. The molecule has 4 nitrogen and oxygen atoms in total. The Balaban J connectivity index is 1.99. The highest BCUT2D eigenvalue weighted by atomic mass is 32.2. The third-order valence-corrected chi connectivity index (χ3v) is 5.72.